The topological polar surface area (TPSA) is 80.3 Å². The van der Waals surface area contributed by atoms with Gasteiger partial charge in [-0.1, -0.05) is 40.0 Å². The van der Waals surface area contributed by atoms with Gasteiger partial charge in [-0.3, -0.25) is 10.1 Å². The van der Waals surface area contributed by atoms with Crippen LogP contribution in [0.15, 0.2) is 0 Å². The predicted octanol–water partition coefficient (Wildman–Crippen LogP) is 4.85. The molecular formula is C23H33N3O3S. The molecule has 1 saturated heterocycles. The molecule has 7 heteroatoms. The van der Waals surface area contributed by atoms with Crippen LogP contribution in [0.25, 0.3) is 0 Å². The monoisotopic (exact) mass is 431 g/mol. The molecule has 2 N–H and O–H groups in total. The van der Waals surface area contributed by atoms with Gasteiger partial charge < -0.3 is 10.1 Å². The van der Waals surface area contributed by atoms with Gasteiger partial charge in [0.25, 0.3) is 0 Å². The first-order valence-corrected chi connectivity index (χ1v) is 12.4. The van der Waals surface area contributed by atoms with Crippen molar-refractivity contribution in [2.45, 2.75) is 90.2 Å². The van der Waals surface area contributed by atoms with Crippen LogP contribution >= 0.6 is 11.3 Å². The van der Waals surface area contributed by atoms with Gasteiger partial charge in [0.1, 0.15) is 6.10 Å². The fraction of sp³-hybridized carbons (Fsp3) is 0.783. The van der Waals surface area contributed by atoms with E-state index in [9.17, 15) is 9.59 Å². The van der Waals surface area contributed by atoms with Crippen molar-refractivity contribution in [3.05, 3.63) is 10.6 Å². The van der Waals surface area contributed by atoms with Gasteiger partial charge in [-0.25, -0.2) is 9.78 Å². The fourth-order valence-electron chi connectivity index (χ4n) is 6.70. The third-order valence-corrected chi connectivity index (χ3v) is 9.31. The number of amides is 2. The van der Waals surface area contributed by atoms with Gasteiger partial charge in [0.05, 0.1) is 11.6 Å². The molecular weight excluding hydrogens is 398 g/mol. The fourth-order valence-corrected chi connectivity index (χ4v) is 7.96. The average Bonchev–Trinajstić information content (AvgIpc) is 3.22. The number of hydrogen-bond acceptors (Lipinski definition) is 5. The van der Waals surface area contributed by atoms with Crippen LogP contribution in [0.5, 0.6) is 0 Å². The van der Waals surface area contributed by atoms with E-state index in [0.717, 1.165) is 37.8 Å². The second kappa shape index (κ2) is 7.50. The van der Waals surface area contributed by atoms with Crippen molar-refractivity contribution in [2.75, 3.05) is 5.32 Å². The highest BCUT2D eigenvalue weighted by molar-refractivity contribution is 7.15. The highest BCUT2D eigenvalue weighted by Gasteiger charge is 2.58. The number of thiazole rings is 1. The number of ether oxygens (including phenoxy) is 1. The Morgan fingerprint density at radius 1 is 1.17 bits per heavy atom. The molecule has 3 aliphatic carbocycles. The number of anilines is 1. The van der Waals surface area contributed by atoms with Crippen molar-refractivity contribution in [1.82, 2.24) is 10.3 Å². The summed E-state index contributed by atoms with van der Waals surface area (Å²) in [5, 5.41) is 6.80. The number of carbonyl (C=O) groups excluding carboxylic acids is 2. The normalized spacial score (nSPS) is 38.2. The van der Waals surface area contributed by atoms with Gasteiger partial charge >= 0.3 is 12.0 Å². The summed E-state index contributed by atoms with van der Waals surface area (Å²) in [6.45, 7) is 6.60. The Bertz CT molecular complexity index is 849. The molecule has 1 aromatic heterocycles. The molecule has 0 bridgehead atoms. The maximum atomic E-state index is 12.5. The first-order valence-electron chi connectivity index (χ1n) is 11.6. The second-order valence-corrected chi connectivity index (χ2v) is 11.4. The molecule has 2 saturated carbocycles. The van der Waals surface area contributed by atoms with Crippen molar-refractivity contribution < 1.29 is 14.3 Å². The summed E-state index contributed by atoms with van der Waals surface area (Å²) >= 11 is 1.62. The van der Waals surface area contributed by atoms with E-state index in [4.69, 9.17) is 9.72 Å². The standard InChI is InChI=1S/C23H33N3O3S/c1-12-15-9-10-23(3)11-16-18(13(2)17(23)19(15)29-20(12)27)25-22(30-16)26-21(28)24-14-7-5-4-6-8-14/h12-15,17,19H,4-11H2,1-3H3,(H2,24,25,26,28)/t12-,13-,15-,17+,19-,23-/m0/s1. The number of nitrogens with zero attached hydrogens (tertiary/aromatic N) is 1. The smallest absolute Gasteiger partial charge is 0.321 e. The zero-order chi connectivity index (χ0) is 21.0. The Hall–Kier alpha value is -1.63. The molecule has 0 radical (unpaired) electrons. The number of rotatable bonds is 2. The zero-order valence-corrected chi connectivity index (χ0v) is 19.0. The number of esters is 1. The first-order chi connectivity index (χ1) is 14.4. The number of carbonyl (C=O) groups is 2. The molecule has 0 aromatic carbocycles. The van der Waals surface area contributed by atoms with Crippen LogP contribution in [0.2, 0.25) is 0 Å². The van der Waals surface area contributed by atoms with Crippen LogP contribution in [0.3, 0.4) is 0 Å². The maximum absolute atomic E-state index is 12.5. The van der Waals surface area contributed by atoms with Crippen LogP contribution in [-0.2, 0) is 16.0 Å². The molecule has 4 aliphatic rings. The van der Waals surface area contributed by atoms with Gasteiger partial charge in [0.2, 0.25) is 0 Å². The Balaban J connectivity index is 1.34. The van der Waals surface area contributed by atoms with Crippen molar-refractivity contribution >= 4 is 28.5 Å². The number of nitrogens with one attached hydrogen (secondary N) is 2. The van der Waals surface area contributed by atoms with E-state index < -0.39 is 0 Å². The summed E-state index contributed by atoms with van der Waals surface area (Å²) < 4.78 is 5.91. The van der Waals surface area contributed by atoms with E-state index in [0.29, 0.717) is 17.0 Å². The van der Waals surface area contributed by atoms with Crippen molar-refractivity contribution in [3.8, 4) is 0 Å². The SMILES string of the molecule is C[C@@H]1C(=O)O[C@H]2[C@H]1CC[C@@]1(C)Cc3sc(NC(=O)NC4CCCCC4)nc3[C@@H](C)[C@H]21. The largest absolute Gasteiger partial charge is 0.461 e. The third kappa shape index (κ3) is 3.33. The van der Waals surface area contributed by atoms with E-state index >= 15 is 0 Å². The minimum atomic E-state index is -0.136. The van der Waals surface area contributed by atoms with Gasteiger partial charge in [0.15, 0.2) is 5.13 Å². The molecule has 0 unspecified atom stereocenters. The lowest BCUT2D eigenvalue weighted by Crippen LogP contribution is -2.50. The zero-order valence-electron chi connectivity index (χ0n) is 18.2. The molecule has 2 heterocycles. The minimum Gasteiger partial charge on any atom is -0.461 e. The Kier molecular flexibility index (Phi) is 5.07. The lowest BCUT2D eigenvalue weighted by atomic mass is 9.54. The highest BCUT2D eigenvalue weighted by Crippen LogP contribution is 2.59. The van der Waals surface area contributed by atoms with Gasteiger partial charge in [-0.15, -0.1) is 11.3 Å². The summed E-state index contributed by atoms with van der Waals surface area (Å²) in [6.07, 6.45) is 8.92. The van der Waals surface area contributed by atoms with Gasteiger partial charge in [0, 0.05) is 28.7 Å². The van der Waals surface area contributed by atoms with Crippen LogP contribution in [0.1, 0.15) is 82.2 Å². The van der Waals surface area contributed by atoms with Gasteiger partial charge in [-0.05, 0) is 37.5 Å². The molecule has 1 aromatic rings. The van der Waals surface area contributed by atoms with Gasteiger partial charge in [-0.2, -0.15) is 0 Å². The molecule has 5 rings (SSSR count). The molecule has 6 nitrogen and oxygen atoms in total. The number of hydrogen-bond donors (Lipinski definition) is 2. The quantitative estimate of drug-likeness (QED) is 0.656. The molecule has 30 heavy (non-hydrogen) atoms. The summed E-state index contributed by atoms with van der Waals surface area (Å²) in [5.41, 5.74) is 1.21. The Labute approximate surface area is 182 Å². The van der Waals surface area contributed by atoms with Crippen molar-refractivity contribution in [1.29, 1.82) is 0 Å². The van der Waals surface area contributed by atoms with E-state index in [-0.39, 0.29) is 41.4 Å². The number of aromatic nitrogens is 1. The molecule has 3 fully saturated rings. The minimum absolute atomic E-state index is 0.00195. The van der Waals surface area contributed by atoms with Crippen LogP contribution in [0.4, 0.5) is 9.93 Å². The first kappa shape index (κ1) is 20.3. The summed E-state index contributed by atoms with van der Waals surface area (Å²) in [6, 6.07) is 0.146. The van der Waals surface area contributed by atoms with E-state index in [1.165, 1.54) is 24.1 Å². The number of fused-ring (bicyclic) bond motifs is 4. The molecule has 0 spiro atoms. The van der Waals surface area contributed by atoms with Crippen molar-refractivity contribution in [3.63, 3.8) is 0 Å². The highest BCUT2D eigenvalue weighted by atomic mass is 32.1. The van der Waals surface area contributed by atoms with Crippen LogP contribution in [0, 0.1) is 23.2 Å². The van der Waals surface area contributed by atoms with Crippen LogP contribution in [-0.4, -0.2) is 29.1 Å². The van der Waals surface area contributed by atoms with E-state index in [1.54, 1.807) is 11.3 Å². The van der Waals surface area contributed by atoms with E-state index in [2.05, 4.69) is 24.5 Å². The molecule has 2 amide bonds. The van der Waals surface area contributed by atoms with Crippen molar-refractivity contribution in [2.24, 2.45) is 23.2 Å². The lowest BCUT2D eigenvalue weighted by Gasteiger charge is -2.51. The Morgan fingerprint density at radius 2 is 1.93 bits per heavy atom. The molecule has 1 aliphatic heterocycles. The van der Waals surface area contributed by atoms with Crippen LogP contribution < -0.4 is 10.6 Å². The average molecular weight is 432 g/mol. The predicted molar refractivity (Wildman–Crippen MR) is 117 cm³/mol. The summed E-state index contributed by atoms with van der Waals surface area (Å²) in [4.78, 5) is 30.9. The third-order valence-electron chi connectivity index (χ3n) is 8.32. The lowest BCUT2D eigenvalue weighted by molar-refractivity contribution is -0.149. The maximum Gasteiger partial charge on any atom is 0.321 e. The summed E-state index contributed by atoms with van der Waals surface area (Å²) in [7, 11) is 0. The van der Waals surface area contributed by atoms with E-state index in [1.807, 2.05) is 6.92 Å². The second-order valence-electron chi connectivity index (χ2n) is 10.3. The number of urea groups is 1. The summed E-state index contributed by atoms with van der Waals surface area (Å²) in [5.74, 6) is 0.815. The molecule has 6 atom stereocenters. The Morgan fingerprint density at radius 3 is 2.70 bits per heavy atom. The molecule has 164 valence electrons.